The fraction of sp³-hybridized carbons (Fsp3) is 0.471. The van der Waals surface area contributed by atoms with Gasteiger partial charge < -0.3 is 5.32 Å². The van der Waals surface area contributed by atoms with E-state index in [-0.39, 0.29) is 0 Å². The second kappa shape index (κ2) is 5.72. The molecule has 1 aromatic carbocycles. The molecule has 2 saturated heterocycles. The van der Waals surface area contributed by atoms with Crippen LogP contribution in [-0.4, -0.2) is 60.1 Å². The van der Waals surface area contributed by atoms with Gasteiger partial charge in [0.15, 0.2) is 0 Å². The Morgan fingerprint density at radius 2 is 2.00 bits per heavy atom. The first kappa shape index (κ1) is 13.2. The predicted octanol–water partition coefficient (Wildman–Crippen LogP) is 1.32. The number of aromatic nitrogens is 1. The Bertz CT molecular complexity index is 615. The molecule has 4 nitrogen and oxygen atoms in total. The largest absolute Gasteiger partial charge is 0.314 e. The summed E-state index contributed by atoms with van der Waals surface area (Å²) in [5.74, 6) is 0. The standard InChI is InChI=1S/C17H22N4/c1-2-15-10-14(3-4-17(15)19-5-1)11-20-12-16(13-20)21-8-6-18-7-9-21/h1-5,10,16,18H,6-9,11-13H2. The molecule has 2 aromatic rings. The molecule has 1 N–H and O–H groups in total. The molecular formula is C17H22N4. The summed E-state index contributed by atoms with van der Waals surface area (Å²) in [7, 11) is 0. The summed E-state index contributed by atoms with van der Waals surface area (Å²) in [5.41, 5.74) is 2.48. The van der Waals surface area contributed by atoms with Gasteiger partial charge in [0.25, 0.3) is 0 Å². The average molecular weight is 282 g/mol. The number of hydrogen-bond acceptors (Lipinski definition) is 4. The van der Waals surface area contributed by atoms with E-state index in [9.17, 15) is 0 Å². The minimum absolute atomic E-state index is 0.772. The smallest absolute Gasteiger partial charge is 0.0702 e. The van der Waals surface area contributed by atoms with Crippen LogP contribution in [0.4, 0.5) is 0 Å². The van der Waals surface area contributed by atoms with Crippen molar-refractivity contribution in [2.24, 2.45) is 0 Å². The summed E-state index contributed by atoms with van der Waals surface area (Å²) < 4.78 is 0. The van der Waals surface area contributed by atoms with E-state index in [1.165, 1.54) is 37.1 Å². The zero-order valence-electron chi connectivity index (χ0n) is 12.3. The van der Waals surface area contributed by atoms with Crippen molar-refractivity contribution in [2.45, 2.75) is 12.6 Å². The molecule has 0 radical (unpaired) electrons. The monoisotopic (exact) mass is 282 g/mol. The molecule has 4 heteroatoms. The van der Waals surface area contributed by atoms with Crippen LogP contribution >= 0.6 is 0 Å². The number of pyridine rings is 1. The Hall–Kier alpha value is -1.49. The highest BCUT2D eigenvalue weighted by atomic mass is 15.3. The Balaban J connectivity index is 1.36. The van der Waals surface area contributed by atoms with Gasteiger partial charge in [-0.05, 0) is 23.8 Å². The van der Waals surface area contributed by atoms with Crippen molar-refractivity contribution in [1.29, 1.82) is 0 Å². The lowest BCUT2D eigenvalue weighted by atomic mass is 10.0. The van der Waals surface area contributed by atoms with Gasteiger partial charge in [0, 0.05) is 63.4 Å². The first-order valence-electron chi connectivity index (χ1n) is 7.89. The zero-order chi connectivity index (χ0) is 14.1. The third kappa shape index (κ3) is 2.79. The van der Waals surface area contributed by atoms with Crippen molar-refractivity contribution in [2.75, 3.05) is 39.3 Å². The highest BCUT2D eigenvalue weighted by molar-refractivity contribution is 5.78. The fourth-order valence-corrected chi connectivity index (χ4v) is 3.43. The fourth-order valence-electron chi connectivity index (χ4n) is 3.43. The number of rotatable bonds is 3. The highest BCUT2D eigenvalue weighted by Crippen LogP contribution is 2.20. The number of benzene rings is 1. The van der Waals surface area contributed by atoms with E-state index in [1.807, 2.05) is 12.3 Å². The summed E-state index contributed by atoms with van der Waals surface area (Å²) in [4.78, 5) is 9.56. The molecule has 3 heterocycles. The summed E-state index contributed by atoms with van der Waals surface area (Å²) in [6, 6.07) is 11.6. The molecule has 0 unspecified atom stereocenters. The molecule has 0 bridgehead atoms. The maximum absolute atomic E-state index is 4.38. The second-order valence-corrected chi connectivity index (χ2v) is 6.16. The van der Waals surface area contributed by atoms with E-state index < -0.39 is 0 Å². The minimum atomic E-state index is 0.772. The molecule has 21 heavy (non-hydrogen) atoms. The summed E-state index contributed by atoms with van der Waals surface area (Å²) >= 11 is 0. The second-order valence-electron chi connectivity index (χ2n) is 6.16. The third-order valence-electron chi connectivity index (χ3n) is 4.68. The van der Waals surface area contributed by atoms with Crippen molar-refractivity contribution in [3.8, 4) is 0 Å². The van der Waals surface area contributed by atoms with Crippen molar-refractivity contribution in [3.05, 3.63) is 42.1 Å². The van der Waals surface area contributed by atoms with Crippen molar-refractivity contribution >= 4 is 10.9 Å². The van der Waals surface area contributed by atoms with Crippen LogP contribution in [0.2, 0.25) is 0 Å². The van der Waals surface area contributed by atoms with E-state index >= 15 is 0 Å². The number of nitrogens with zero attached hydrogens (tertiary/aromatic N) is 3. The molecule has 2 fully saturated rings. The number of piperazine rings is 1. The van der Waals surface area contributed by atoms with E-state index in [4.69, 9.17) is 0 Å². The summed E-state index contributed by atoms with van der Waals surface area (Å²) in [6.07, 6.45) is 1.86. The van der Waals surface area contributed by atoms with E-state index in [0.29, 0.717) is 0 Å². The molecule has 1 aromatic heterocycles. The minimum Gasteiger partial charge on any atom is -0.314 e. The lowest BCUT2D eigenvalue weighted by Gasteiger charge is -2.46. The highest BCUT2D eigenvalue weighted by Gasteiger charge is 2.31. The summed E-state index contributed by atoms with van der Waals surface area (Å²) in [6.45, 7) is 8.20. The lowest BCUT2D eigenvalue weighted by molar-refractivity contribution is 0.0223. The Morgan fingerprint density at radius 1 is 1.14 bits per heavy atom. The van der Waals surface area contributed by atoms with Gasteiger partial charge in [0.1, 0.15) is 0 Å². The molecule has 2 aliphatic rings. The quantitative estimate of drug-likeness (QED) is 0.920. The first-order valence-corrected chi connectivity index (χ1v) is 7.89. The van der Waals surface area contributed by atoms with Crippen molar-refractivity contribution in [3.63, 3.8) is 0 Å². The van der Waals surface area contributed by atoms with Crippen molar-refractivity contribution in [1.82, 2.24) is 20.1 Å². The third-order valence-corrected chi connectivity index (χ3v) is 4.68. The van der Waals surface area contributed by atoms with E-state index in [1.54, 1.807) is 0 Å². The molecule has 0 spiro atoms. The van der Waals surface area contributed by atoms with Crippen LogP contribution in [0.5, 0.6) is 0 Å². The van der Waals surface area contributed by atoms with Gasteiger partial charge in [0.05, 0.1) is 5.52 Å². The van der Waals surface area contributed by atoms with Gasteiger partial charge in [-0.25, -0.2) is 0 Å². The summed E-state index contributed by atoms with van der Waals surface area (Å²) in [5, 5.41) is 4.67. The van der Waals surface area contributed by atoms with Gasteiger partial charge in [-0.3, -0.25) is 14.8 Å². The maximum atomic E-state index is 4.38. The normalized spacial score (nSPS) is 21.5. The van der Waals surface area contributed by atoms with Crippen LogP contribution in [0, 0.1) is 0 Å². The lowest BCUT2D eigenvalue weighted by Crippen LogP contribution is -2.62. The Morgan fingerprint density at radius 3 is 2.86 bits per heavy atom. The molecule has 0 saturated carbocycles. The van der Waals surface area contributed by atoms with Crippen LogP contribution in [-0.2, 0) is 6.54 Å². The van der Waals surface area contributed by atoms with E-state index in [2.05, 4.69) is 44.4 Å². The molecule has 110 valence electrons. The SMILES string of the molecule is c1cnc2ccc(CN3CC(N4CCNCC4)C3)cc2c1. The molecule has 2 aliphatic heterocycles. The van der Waals surface area contributed by atoms with Crippen LogP contribution in [0.15, 0.2) is 36.5 Å². The number of nitrogens with one attached hydrogen (secondary N) is 1. The molecule has 0 aliphatic carbocycles. The number of hydrogen-bond donors (Lipinski definition) is 1. The van der Waals surface area contributed by atoms with Crippen LogP contribution in [0.3, 0.4) is 0 Å². The predicted molar refractivity (Wildman–Crippen MR) is 85.3 cm³/mol. The van der Waals surface area contributed by atoms with E-state index in [0.717, 1.165) is 31.2 Å². The zero-order valence-corrected chi connectivity index (χ0v) is 12.3. The molecule has 0 amide bonds. The van der Waals surface area contributed by atoms with Crippen LogP contribution in [0.1, 0.15) is 5.56 Å². The number of fused-ring (bicyclic) bond motifs is 1. The van der Waals surface area contributed by atoms with Gasteiger partial charge in [-0.2, -0.15) is 0 Å². The Labute approximate surface area is 125 Å². The van der Waals surface area contributed by atoms with Crippen molar-refractivity contribution < 1.29 is 0 Å². The topological polar surface area (TPSA) is 31.4 Å². The van der Waals surface area contributed by atoms with Gasteiger partial charge >= 0.3 is 0 Å². The van der Waals surface area contributed by atoms with Gasteiger partial charge in [-0.15, -0.1) is 0 Å². The maximum Gasteiger partial charge on any atom is 0.0702 e. The average Bonchev–Trinajstić information content (AvgIpc) is 2.51. The molecule has 4 rings (SSSR count). The van der Waals surface area contributed by atoms with Gasteiger partial charge in [-0.1, -0.05) is 12.1 Å². The van der Waals surface area contributed by atoms with Crippen LogP contribution in [0.25, 0.3) is 10.9 Å². The molecule has 0 atom stereocenters. The first-order chi connectivity index (χ1) is 10.4. The van der Waals surface area contributed by atoms with Gasteiger partial charge in [0.2, 0.25) is 0 Å². The Kier molecular flexibility index (Phi) is 3.59. The molecular weight excluding hydrogens is 260 g/mol. The van der Waals surface area contributed by atoms with Crippen LogP contribution < -0.4 is 5.32 Å². The number of likely N-dealkylation sites (tertiary alicyclic amines) is 1.